The van der Waals surface area contributed by atoms with Crippen molar-refractivity contribution in [2.75, 3.05) is 40.3 Å². The fraction of sp³-hybridized carbons (Fsp3) is 0.611. The van der Waals surface area contributed by atoms with Crippen LogP contribution in [-0.4, -0.2) is 74.2 Å². The summed E-state index contributed by atoms with van der Waals surface area (Å²) in [5.74, 6) is -0.424. The molecule has 1 spiro atoms. The highest BCUT2D eigenvalue weighted by Crippen LogP contribution is 2.34. The Hall–Kier alpha value is -1.51. The number of piperazine rings is 1. The number of aryl methyl sites for hydroxylation is 1. The van der Waals surface area contributed by atoms with Gasteiger partial charge in [0.15, 0.2) is 0 Å². The summed E-state index contributed by atoms with van der Waals surface area (Å²) in [5.41, 5.74) is 0.0544. The van der Waals surface area contributed by atoms with Crippen LogP contribution in [0.1, 0.15) is 24.8 Å². The van der Waals surface area contributed by atoms with Crippen molar-refractivity contribution < 1.29 is 17.6 Å². The maximum absolute atomic E-state index is 13.9. The minimum Gasteiger partial charge on any atom is -0.346 e. The zero-order valence-electron chi connectivity index (χ0n) is 15.5. The van der Waals surface area contributed by atoms with Crippen LogP contribution in [-0.2, 0) is 14.8 Å². The number of hydrogen-bond acceptors (Lipinski definition) is 4. The predicted molar refractivity (Wildman–Crippen MR) is 96.7 cm³/mol. The Kier molecular flexibility index (Phi) is 5.11. The van der Waals surface area contributed by atoms with E-state index in [9.17, 15) is 17.6 Å². The van der Waals surface area contributed by atoms with Crippen molar-refractivity contribution in [1.29, 1.82) is 0 Å². The number of benzene rings is 1. The lowest BCUT2D eigenvalue weighted by Gasteiger charge is -2.48. The quantitative estimate of drug-likeness (QED) is 0.776. The van der Waals surface area contributed by atoms with E-state index >= 15 is 0 Å². The van der Waals surface area contributed by atoms with Crippen LogP contribution in [0.5, 0.6) is 0 Å². The van der Waals surface area contributed by atoms with Crippen LogP contribution >= 0.6 is 0 Å². The van der Waals surface area contributed by atoms with Gasteiger partial charge in [-0.2, -0.15) is 4.31 Å². The van der Waals surface area contributed by atoms with E-state index in [1.807, 2.05) is 7.05 Å². The molecule has 2 heterocycles. The highest BCUT2D eigenvalue weighted by molar-refractivity contribution is 7.89. The van der Waals surface area contributed by atoms with E-state index < -0.39 is 15.8 Å². The number of carbonyl (C=O) groups is 1. The molecule has 0 aliphatic carbocycles. The van der Waals surface area contributed by atoms with Crippen LogP contribution in [0.2, 0.25) is 0 Å². The molecule has 0 aromatic heterocycles. The fourth-order valence-corrected chi connectivity index (χ4v) is 5.33. The van der Waals surface area contributed by atoms with Crippen LogP contribution in [0.15, 0.2) is 23.1 Å². The van der Waals surface area contributed by atoms with Gasteiger partial charge in [0.05, 0.1) is 4.90 Å². The van der Waals surface area contributed by atoms with Crippen LogP contribution in [0.3, 0.4) is 0 Å². The first-order valence-corrected chi connectivity index (χ1v) is 10.3. The molecule has 1 unspecified atom stereocenters. The lowest BCUT2D eigenvalue weighted by atomic mass is 9.87. The maximum Gasteiger partial charge on any atom is 0.243 e. The Morgan fingerprint density at radius 1 is 1.12 bits per heavy atom. The predicted octanol–water partition coefficient (Wildman–Crippen LogP) is 1.45. The van der Waals surface area contributed by atoms with Gasteiger partial charge in [-0.05, 0) is 44.5 Å². The second-order valence-electron chi connectivity index (χ2n) is 7.46. The third kappa shape index (κ3) is 3.37. The summed E-state index contributed by atoms with van der Waals surface area (Å²) < 4.78 is 41.5. The molecule has 6 nitrogen and oxygen atoms in total. The summed E-state index contributed by atoms with van der Waals surface area (Å²) in [7, 11) is 0.00596. The third-order valence-corrected chi connectivity index (χ3v) is 7.73. The molecule has 2 fully saturated rings. The van der Waals surface area contributed by atoms with E-state index in [-0.39, 0.29) is 16.3 Å². The topological polar surface area (TPSA) is 60.9 Å². The number of amides is 1. The summed E-state index contributed by atoms with van der Waals surface area (Å²) in [6.07, 6.45) is 1.76. The summed E-state index contributed by atoms with van der Waals surface area (Å²) >= 11 is 0. The Morgan fingerprint density at radius 3 is 2.54 bits per heavy atom. The Morgan fingerprint density at radius 2 is 1.85 bits per heavy atom. The molecule has 0 N–H and O–H groups in total. The minimum absolute atomic E-state index is 0.0119. The molecule has 3 rings (SSSR count). The van der Waals surface area contributed by atoms with Crippen molar-refractivity contribution >= 4 is 15.9 Å². The molecule has 26 heavy (non-hydrogen) atoms. The van der Waals surface area contributed by atoms with Crippen LogP contribution in [0.4, 0.5) is 4.39 Å². The minimum atomic E-state index is -3.77. The highest BCUT2D eigenvalue weighted by atomic mass is 32.2. The van der Waals surface area contributed by atoms with Crippen molar-refractivity contribution in [1.82, 2.24) is 14.1 Å². The third-order valence-electron chi connectivity index (χ3n) is 5.89. The van der Waals surface area contributed by atoms with Gasteiger partial charge in [-0.25, -0.2) is 12.8 Å². The molecule has 1 atom stereocenters. The number of sulfonamides is 1. The van der Waals surface area contributed by atoms with Crippen LogP contribution in [0.25, 0.3) is 0 Å². The van der Waals surface area contributed by atoms with Crippen LogP contribution < -0.4 is 0 Å². The Balaban J connectivity index is 1.89. The lowest BCUT2D eigenvalue weighted by molar-refractivity contribution is -0.129. The lowest BCUT2D eigenvalue weighted by Crippen LogP contribution is -2.62. The van der Waals surface area contributed by atoms with Gasteiger partial charge in [0, 0.05) is 45.2 Å². The Labute approximate surface area is 154 Å². The second-order valence-corrected chi connectivity index (χ2v) is 9.40. The number of likely N-dealkylation sites (tertiary alicyclic amines) is 1. The summed E-state index contributed by atoms with van der Waals surface area (Å²) in [4.78, 5) is 15.9. The molecule has 1 aromatic carbocycles. The first kappa shape index (κ1) is 19.3. The van der Waals surface area contributed by atoms with Crippen molar-refractivity contribution in [3.8, 4) is 0 Å². The zero-order valence-corrected chi connectivity index (χ0v) is 16.4. The number of carbonyl (C=O) groups excluding carboxylic acids is 1. The molecule has 2 saturated heterocycles. The average molecular weight is 383 g/mol. The summed E-state index contributed by atoms with van der Waals surface area (Å²) in [6.45, 7) is 3.49. The maximum atomic E-state index is 13.9. The summed E-state index contributed by atoms with van der Waals surface area (Å²) in [5, 5.41) is 0. The van der Waals surface area contributed by atoms with E-state index in [0.717, 1.165) is 12.5 Å². The molecule has 0 radical (unpaired) electrons. The van der Waals surface area contributed by atoms with Gasteiger partial charge in [-0.15, -0.1) is 0 Å². The second kappa shape index (κ2) is 6.90. The van der Waals surface area contributed by atoms with E-state index in [4.69, 9.17) is 0 Å². The molecular weight excluding hydrogens is 357 g/mol. The molecule has 2 aliphatic heterocycles. The SMILES string of the molecule is Cc1ccc(S(=O)(=O)N2CCN(C)C3(CCC(=O)N(C)CC3)C2)cc1F. The molecule has 8 heteroatoms. The standard InChI is InChI=1S/C18H26FN3O3S/c1-14-4-5-15(12-16(14)19)26(24,25)22-11-10-21(3)18(13-22)7-6-17(23)20(2)9-8-18/h4-5,12H,6-11,13H2,1-3H3. The van der Waals surface area contributed by atoms with Gasteiger partial charge >= 0.3 is 0 Å². The monoisotopic (exact) mass is 383 g/mol. The zero-order chi connectivity index (χ0) is 19.1. The number of hydrogen-bond donors (Lipinski definition) is 0. The van der Waals surface area contributed by atoms with E-state index in [1.165, 1.54) is 16.4 Å². The van der Waals surface area contributed by atoms with Gasteiger partial charge in [0.1, 0.15) is 5.82 Å². The van der Waals surface area contributed by atoms with Gasteiger partial charge in [0.25, 0.3) is 0 Å². The van der Waals surface area contributed by atoms with Crippen molar-refractivity contribution in [2.24, 2.45) is 0 Å². The van der Waals surface area contributed by atoms with Crippen LogP contribution in [0, 0.1) is 12.7 Å². The Bertz CT molecular complexity index is 814. The molecule has 0 saturated carbocycles. The molecule has 1 aromatic rings. The average Bonchev–Trinajstić information content (AvgIpc) is 2.74. The number of halogens is 1. The fourth-order valence-electron chi connectivity index (χ4n) is 3.81. The van der Waals surface area contributed by atoms with E-state index in [1.54, 1.807) is 18.9 Å². The number of rotatable bonds is 2. The van der Waals surface area contributed by atoms with E-state index in [2.05, 4.69) is 4.90 Å². The van der Waals surface area contributed by atoms with Gasteiger partial charge in [0.2, 0.25) is 15.9 Å². The van der Waals surface area contributed by atoms with Gasteiger partial charge in [-0.1, -0.05) is 6.07 Å². The number of nitrogens with zero attached hydrogens (tertiary/aromatic N) is 3. The summed E-state index contributed by atoms with van der Waals surface area (Å²) in [6, 6.07) is 4.05. The molecular formula is C18H26FN3O3S. The first-order valence-electron chi connectivity index (χ1n) is 8.87. The van der Waals surface area contributed by atoms with Crippen molar-refractivity contribution in [2.45, 2.75) is 36.6 Å². The van der Waals surface area contributed by atoms with Crippen molar-refractivity contribution in [3.63, 3.8) is 0 Å². The molecule has 1 amide bonds. The van der Waals surface area contributed by atoms with Gasteiger partial charge in [-0.3, -0.25) is 9.69 Å². The first-order chi connectivity index (χ1) is 12.2. The van der Waals surface area contributed by atoms with Crippen molar-refractivity contribution in [3.05, 3.63) is 29.6 Å². The largest absolute Gasteiger partial charge is 0.346 e. The molecule has 0 bridgehead atoms. The molecule has 2 aliphatic rings. The van der Waals surface area contributed by atoms with E-state index in [0.29, 0.717) is 44.6 Å². The molecule has 144 valence electrons. The normalized spacial score (nSPS) is 26.3. The highest BCUT2D eigenvalue weighted by Gasteiger charge is 2.45. The smallest absolute Gasteiger partial charge is 0.243 e. The number of likely N-dealkylation sites (N-methyl/N-ethyl adjacent to an activating group) is 1. The van der Waals surface area contributed by atoms with Gasteiger partial charge < -0.3 is 4.90 Å².